The zero-order chi connectivity index (χ0) is 19.9. The summed E-state index contributed by atoms with van der Waals surface area (Å²) in [6.45, 7) is 14.4. The molecule has 3 rings (SSSR count). The van der Waals surface area contributed by atoms with Crippen LogP contribution in [0.2, 0.25) is 0 Å². The van der Waals surface area contributed by atoms with E-state index in [4.69, 9.17) is 0 Å². The van der Waals surface area contributed by atoms with Crippen molar-refractivity contribution in [2.45, 2.75) is 40.7 Å². The molecule has 0 N–H and O–H groups in total. The van der Waals surface area contributed by atoms with Crippen molar-refractivity contribution in [3.8, 4) is 0 Å². The first-order valence-electron chi connectivity index (χ1n) is 10.0. The van der Waals surface area contributed by atoms with E-state index in [1.807, 2.05) is 0 Å². The molecule has 2 aromatic rings. The normalized spacial score (nSPS) is 17.7. The number of likely N-dealkylation sites (N-methyl/N-ethyl adjacent to an activating group) is 1. The van der Waals surface area contributed by atoms with Crippen LogP contribution in [0, 0.1) is 34.6 Å². The molecule has 1 aliphatic heterocycles. The minimum atomic E-state index is 0.504. The number of hydrogen-bond donors (Lipinski definition) is 0. The molecule has 0 amide bonds. The summed E-state index contributed by atoms with van der Waals surface area (Å²) >= 11 is 0. The highest BCUT2D eigenvalue weighted by molar-refractivity contribution is 5.66. The third kappa shape index (κ3) is 4.14. The topological polar surface area (TPSA) is 6.48 Å². The van der Waals surface area contributed by atoms with Crippen LogP contribution < -0.4 is 9.80 Å². The van der Waals surface area contributed by atoms with E-state index in [0.29, 0.717) is 6.04 Å². The van der Waals surface area contributed by atoms with Gasteiger partial charge in [0.15, 0.2) is 0 Å². The van der Waals surface area contributed by atoms with Gasteiger partial charge in [-0.25, -0.2) is 0 Å². The smallest absolute Gasteiger partial charge is 0.101 e. The molecule has 2 aromatic carbocycles. The van der Waals surface area contributed by atoms with Gasteiger partial charge in [-0.3, -0.25) is 0 Å². The number of aryl methyl sites for hydroxylation is 5. The molecule has 1 atom stereocenters. The predicted molar refractivity (Wildman–Crippen MR) is 118 cm³/mol. The molecule has 3 nitrogen and oxygen atoms in total. The molecule has 0 spiro atoms. The van der Waals surface area contributed by atoms with Crippen molar-refractivity contribution in [1.82, 2.24) is 0 Å². The number of anilines is 2. The molecule has 27 heavy (non-hydrogen) atoms. The Bertz CT molecular complexity index is 789. The minimum Gasteiger partial charge on any atom is -0.351 e. The molecule has 1 saturated heterocycles. The second-order valence-electron chi connectivity index (χ2n) is 9.45. The Morgan fingerprint density at radius 2 is 1.41 bits per heavy atom. The number of quaternary nitrogens is 1. The standard InChI is InChI=1S/C24H36N3/c1-17-12-20(4)24(21(5)13-17)26-16-25(14-22(26)15-27(6,7)8)23-18(2)10-9-11-19(23)3/h9-13,22H,14-16H2,1-8H3/q+1. The summed E-state index contributed by atoms with van der Waals surface area (Å²) in [5.41, 5.74) is 9.71. The zero-order valence-corrected chi connectivity index (χ0v) is 18.4. The first-order chi connectivity index (χ1) is 12.6. The lowest BCUT2D eigenvalue weighted by Gasteiger charge is -2.34. The quantitative estimate of drug-likeness (QED) is 0.731. The Morgan fingerprint density at radius 1 is 0.852 bits per heavy atom. The van der Waals surface area contributed by atoms with Crippen molar-refractivity contribution in [3.05, 3.63) is 58.1 Å². The van der Waals surface area contributed by atoms with Crippen LogP contribution in [-0.2, 0) is 0 Å². The lowest BCUT2D eigenvalue weighted by molar-refractivity contribution is -0.870. The number of rotatable bonds is 4. The Kier molecular flexibility index (Phi) is 5.27. The fourth-order valence-electron chi connectivity index (χ4n) is 4.84. The second-order valence-corrected chi connectivity index (χ2v) is 9.45. The molecule has 1 unspecified atom stereocenters. The van der Waals surface area contributed by atoms with Crippen molar-refractivity contribution < 1.29 is 4.48 Å². The summed E-state index contributed by atoms with van der Waals surface area (Å²) < 4.78 is 0.978. The Balaban J connectivity index is 2.03. The molecule has 1 fully saturated rings. The molecule has 146 valence electrons. The van der Waals surface area contributed by atoms with Gasteiger partial charge in [0.25, 0.3) is 0 Å². The van der Waals surface area contributed by atoms with Gasteiger partial charge < -0.3 is 14.3 Å². The van der Waals surface area contributed by atoms with E-state index >= 15 is 0 Å². The fourth-order valence-corrected chi connectivity index (χ4v) is 4.84. The molecule has 0 aliphatic carbocycles. The van der Waals surface area contributed by atoms with Gasteiger partial charge in [0.1, 0.15) is 6.54 Å². The van der Waals surface area contributed by atoms with Gasteiger partial charge in [0.05, 0.1) is 33.9 Å². The third-order valence-corrected chi connectivity index (χ3v) is 5.63. The van der Waals surface area contributed by atoms with Crippen LogP contribution in [0.5, 0.6) is 0 Å². The van der Waals surface area contributed by atoms with Crippen molar-refractivity contribution in [2.24, 2.45) is 0 Å². The van der Waals surface area contributed by atoms with Crippen LogP contribution in [0.4, 0.5) is 11.4 Å². The lowest BCUT2D eigenvalue weighted by atomic mass is 10.0. The van der Waals surface area contributed by atoms with Crippen LogP contribution >= 0.6 is 0 Å². The Hall–Kier alpha value is -2.00. The average Bonchev–Trinajstić information content (AvgIpc) is 2.87. The number of nitrogens with zero attached hydrogens (tertiary/aromatic N) is 3. The summed E-state index contributed by atoms with van der Waals surface area (Å²) in [6, 6.07) is 11.8. The molecule has 1 aliphatic rings. The monoisotopic (exact) mass is 366 g/mol. The van der Waals surface area contributed by atoms with Gasteiger partial charge in [-0.05, 0) is 56.9 Å². The first kappa shape index (κ1) is 19.8. The maximum absolute atomic E-state index is 2.65. The fraction of sp³-hybridized carbons (Fsp3) is 0.500. The molecule has 1 heterocycles. The lowest BCUT2D eigenvalue weighted by Crippen LogP contribution is -2.48. The second kappa shape index (κ2) is 7.20. The van der Waals surface area contributed by atoms with E-state index in [0.717, 1.165) is 24.2 Å². The van der Waals surface area contributed by atoms with Gasteiger partial charge in [0, 0.05) is 17.9 Å². The number of hydrogen-bond acceptors (Lipinski definition) is 2. The number of para-hydroxylation sites is 1. The molecule has 0 aromatic heterocycles. The van der Waals surface area contributed by atoms with Crippen molar-refractivity contribution in [3.63, 3.8) is 0 Å². The summed E-state index contributed by atoms with van der Waals surface area (Å²) in [7, 11) is 6.90. The Morgan fingerprint density at radius 3 is 1.93 bits per heavy atom. The highest BCUT2D eigenvalue weighted by Gasteiger charge is 2.36. The van der Waals surface area contributed by atoms with E-state index in [-0.39, 0.29) is 0 Å². The van der Waals surface area contributed by atoms with E-state index in [9.17, 15) is 0 Å². The van der Waals surface area contributed by atoms with Gasteiger partial charge in [-0.2, -0.15) is 0 Å². The molecular formula is C24H36N3+. The van der Waals surface area contributed by atoms with E-state index in [2.05, 4.69) is 95.9 Å². The van der Waals surface area contributed by atoms with Gasteiger partial charge in [0.2, 0.25) is 0 Å². The van der Waals surface area contributed by atoms with Gasteiger partial charge in [-0.15, -0.1) is 0 Å². The first-order valence-corrected chi connectivity index (χ1v) is 10.0. The van der Waals surface area contributed by atoms with E-state index in [1.165, 1.54) is 39.2 Å². The molecule has 0 saturated carbocycles. The summed E-state index contributed by atoms with van der Waals surface area (Å²) in [5.74, 6) is 0. The average molecular weight is 367 g/mol. The number of benzene rings is 2. The minimum absolute atomic E-state index is 0.504. The Labute approximate surface area is 165 Å². The van der Waals surface area contributed by atoms with Crippen LogP contribution in [0.3, 0.4) is 0 Å². The molecular weight excluding hydrogens is 330 g/mol. The van der Waals surface area contributed by atoms with E-state index in [1.54, 1.807) is 0 Å². The van der Waals surface area contributed by atoms with Gasteiger partial charge >= 0.3 is 0 Å². The summed E-state index contributed by atoms with van der Waals surface area (Å²) in [5, 5.41) is 0. The summed E-state index contributed by atoms with van der Waals surface area (Å²) in [4.78, 5) is 5.24. The van der Waals surface area contributed by atoms with Crippen LogP contribution in [0.1, 0.15) is 27.8 Å². The van der Waals surface area contributed by atoms with Gasteiger partial charge in [-0.1, -0.05) is 35.9 Å². The molecule has 0 bridgehead atoms. The highest BCUT2D eigenvalue weighted by Crippen LogP contribution is 2.35. The van der Waals surface area contributed by atoms with Crippen molar-refractivity contribution >= 4 is 11.4 Å². The zero-order valence-electron chi connectivity index (χ0n) is 18.4. The maximum Gasteiger partial charge on any atom is 0.101 e. The molecule has 0 radical (unpaired) electrons. The maximum atomic E-state index is 2.65. The van der Waals surface area contributed by atoms with Crippen molar-refractivity contribution in [1.29, 1.82) is 0 Å². The van der Waals surface area contributed by atoms with Crippen LogP contribution in [0.25, 0.3) is 0 Å². The third-order valence-electron chi connectivity index (χ3n) is 5.63. The van der Waals surface area contributed by atoms with Crippen molar-refractivity contribution in [2.75, 3.05) is 50.7 Å². The van der Waals surface area contributed by atoms with E-state index < -0.39 is 0 Å². The highest BCUT2D eigenvalue weighted by atomic mass is 15.4. The van der Waals surface area contributed by atoms with Crippen LogP contribution in [0.15, 0.2) is 30.3 Å². The van der Waals surface area contributed by atoms with Crippen LogP contribution in [-0.4, -0.2) is 51.4 Å². The predicted octanol–water partition coefficient (Wildman–Crippen LogP) is 4.59. The SMILES string of the molecule is Cc1cc(C)c(N2CN(c3c(C)cccc3C)CC2C[N+](C)(C)C)c(C)c1. The summed E-state index contributed by atoms with van der Waals surface area (Å²) in [6.07, 6.45) is 0. The molecule has 3 heteroatoms. The largest absolute Gasteiger partial charge is 0.351 e.